The number of para-hydroxylation sites is 2. The van der Waals surface area contributed by atoms with E-state index in [2.05, 4.69) is 0 Å². The average Bonchev–Trinajstić information content (AvgIpc) is 2.81. The van der Waals surface area contributed by atoms with Gasteiger partial charge in [0.2, 0.25) is 0 Å². The number of hydrogen-bond acceptors (Lipinski definition) is 5. The van der Waals surface area contributed by atoms with Gasteiger partial charge < -0.3 is 25.0 Å². The summed E-state index contributed by atoms with van der Waals surface area (Å²) in [7, 11) is 0. The second-order valence-electron chi connectivity index (χ2n) is 9.11. The van der Waals surface area contributed by atoms with Crippen molar-refractivity contribution in [2.75, 3.05) is 4.90 Å². The molecule has 0 aliphatic carbocycles. The lowest BCUT2D eigenvalue weighted by atomic mass is 10.0. The van der Waals surface area contributed by atoms with Crippen LogP contribution in [0.2, 0.25) is 0 Å². The zero-order valence-electron chi connectivity index (χ0n) is 21.0. The minimum atomic E-state index is 0.165. The van der Waals surface area contributed by atoms with E-state index in [4.69, 9.17) is 4.74 Å². The molecule has 5 nitrogen and oxygen atoms in total. The van der Waals surface area contributed by atoms with Crippen LogP contribution < -0.4 is 9.64 Å². The van der Waals surface area contributed by atoms with Crippen molar-refractivity contribution in [3.63, 3.8) is 0 Å². The second kappa shape index (κ2) is 9.26. The minimum absolute atomic E-state index is 0.165. The van der Waals surface area contributed by atoms with Gasteiger partial charge in [0, 0.05) is 17.7 Å². The first kappa shape index (κ1) is 24.0. The molecule has 35 heavy (non-hydrogen) atoms. The molecule has 180 valence electrons. The van der Waals surface area contributed by atoms with E-state index in [9.17, 15) is 15.3 Å². The van der Waals surface area contributed by atoms with Crippen LogP contribution >= 0.6 is 0 Å². The highest BCUT2D eigenvalue weighted by atomic mass is 16.5. The maximum Gasteiger partial charge on any atom is 0.151 e. The Morgan fingerprint density at radius 1 is 0.543 bits per heavy atom. The summed E-state index contributed by atoms with van der Waals surface area (Å²) in [5, 5.41) is 31.5. The van der Waals surface area contributed by atoms with Crippen molar-refractivity contribution in [1.29, 1.82) is 0 Å². The van der Waals surface area contributed by atoms with Crippen molar-refractivity contribution in [2.45, 2.75) is 41.5 Å². The van der Waals surface area contributed by atoms with E-state index < -0.39 is 0 Å². The molecule has 0 heterocycles. The Labute approximate surface area is 206 Å². The molecule has 0 spiro atoms. The molecule has 0 fully saturated rings. The summed E-state index contributed by atoms with van der Waals surface area (Å²) in [6.07, 6.45) is 0. The fraction of sp³-hybridized carbons (Fsp3) is 0.200. The van der Waals surface area contributed by atoms with Crippen LogP contribution in [0.4, 0.5) is 17.1 Å². The van der Waals surface area contributed by atoms with E-state index in [0.717, 1.165) is 44.9 Å². The molecule has 0 aliphatic heterocycles. The van der Waals surface area contributed by atoms with Gasteiger partial charge in [-0.3, -0.25) is 0 Å². The predicted molar refractivity (Wildman–Crippen MR) is 141 cm³/mol. The number of phenols is 3. The normalized spacial score (nSPS) is 10.9. The molecule has 4 aromatic rings. The van der Waals surface area contributed by atoms with Crippen LogP contribution in [0.5, 0.6) is 28.7 Å². The molecule has 0 amide bonds. The Balaban J connectivity index is 1.99. The monoisotopic (exact) mass is 469 g/mol. The van der Waals surface area contributed by atoms with Crippen LogP contribution in [0.25, 0.3) is 0 Å². The first-order chi connectivity index (χ1) is 16.6. The second-order valence-corrected chi connectivity index (χ2v) is 9.11. The Hall–Kier alpha value is -4.12. The maximum atomic E-state index is 10.6. The maximum absolute atomic E-state index is 10.6. The van der Waals surface area contributed by atoms with Gasteiger partial charge in [0.15, 0.2) is 5.75 Å². The summed E-state index contributed by atoms with van der Waals surface area (Å²) < 4.78 is 6.44. The third-order valence-corrected chi connectivity index (χ3v) is 6.40. The molecule has 0 aromatic heterocycles. The number of benzene rings is 4. The van der Waals surface area contributed by atoms with Crippen LogP contribution in [0, 0.1) is 41.5 Å². The van der Waals surface area contributed by atoms with Gasteiger partial charge in [-0.15, -0.1) is 0 Å². The third-order valence-electron chi connectivity index (χ3n) is 6.40. The first-order valence-corrected chi connectivity index (χ1v) is 11.5. The number of rotatable bonds is 5. The number of aryl methyl sites for hydroxylation is 5. The summed E-state index contributed by atoms with van der Waals surface area (Å²) in [5.74, 6) is 1.69. The smallest absolute Gasteiger partial charge is 0.151 e. The number of hydrogen-bond donors (Lipinski definition) is 3. The number of phenolic OH excluding ortho intramolecular Hbond substituents is 3. The van der Waals surface area contributed by atoms with E-state index >= 15 is 0 Å². The standard InChI is InChI=1S/C30H31NO4/c1-17-11-12-26(32)22(6)30(17)35-29-10-8-7-9-23(29)31(24-15-27(33)20(4)13-18(24)2)25-16-28(34)21(5)14-19(25)3/h7-16,32-34H,1-6H3. The van der Waals surface area contributed by atoms with Gasteiger partial charge in [0.25, 0.3) is 0 Å². The van der Waals surface area contributed by atoms with E-state index in [1.165, 1.54) is 0 Å². The van der Waals surface area contributed by atoms with Crippen LogP contribution in [0.15, 0.2) is 60.7 Å². The number of nitrogens with zero attached hydrogens (tertiary/aromatic N) is 1. The molecular formula is C30H31NO4. The van der Waals surface area contributed by atoms with E-state index in [1.807, 2.05) is 88.9 Å². The topological polar surface area (TPSA) is 73.2 Å². The van der Waals surface area contributed by atoms with Crippen molar-refractivity contribution in [2.24, 2.45) is 0 Å². The SMILES string of the molecule is Cc1cc(C)c(N(c2cc(O)c(C)cc2C)c2ccccc2Oc2c(C)ccc(O)c2C)cc1O. The van der Waals surface area contributed by atoms with E-state index in [0.29, 0.717) is 17.1 Å². The molecule has 0 atom stereocenters. The quantitative estimate of drug-likeness (QED) is 0.277. The summed E-state index contributed by atoms with van der Waals surface area (Å²) in [5.41, 5.74) is 7.29. The lowest BCUT2D eigenvalue weighted by molar-refractivity contribution is 0.446. The fourth-order valence-electron chi connectivity index (χ4n) is 4.34. The van der Waals surface area contributed by atoms with Gasteiger partial charge in [-0.2, -0.15) is 0 Å². The van der Waals surface area contributed by atoms with Gasteiger partial charge in [-0.1, -0.05) is 30.3 Å². The van der Waals surface area contributed by atoms with Crippen LogP contribution in [0.3, 0.4) is 0 Å². The predicted octanol–water partition coefficient (Wildman–Crippen LogP) is 7.92. The van der Waals surface area contributed by atoms with Crippen molar-refractivity contribution in [1.82, 2.24) is 0 Å². The largest absolute Gasteiger partial charge is 0.508 e. The third kappa shape index (κ3) is 4.50. The van der Waals surface area contributed by atoms with Gasteiger partial charge in [-0.05, 0) is 87.6 Å². The van der Waals surface area contributed by atoms with Crippen LogP contribution in [0.1, 0.15) is 33.4 Å². The zero-order valence-corrected chi connectivity index (χ0v) is 21.0. The molecule has 4 rings (SSSR count). The number of anilines is 3. The molecule has 5 heteroatoms. The molecule has 0 radical (unpaired) electrons. The molecule has 3 N–H and O–H groups in total. The lowest BCUT2D eigenvalue weighted by Gasteiger charge is -2.31. The van der Waals surface area contributed by atoms with Gasteiger partial charge in [-0.25, -0.2) is 0 Å². The summed E-state index contributed by atoms with van der Waals surface area (Å²) in [4.78, 5) is 1.99. The van der Waals surface area contributed by atoms with E-state index in [1.54, 1.807) is 18.2 Å². The van der Waals surface area contributed by atoms with Crippen LogP contribution in [-0.2, 0) is 0 Å². The molecule has 0 saturated carbocycles. The highest BCUT2D eigenvalue weighted by molar-refractivity contribution is 5.84. The van der Waals surface area contributed by atoms with Crippen LogP contribution in [-0.4, -0.2) is 15.3 Å². The zero-order chi connectivity index (χ0) is 25.4. The highest BCUT2D eigenvalue weighted by Gasteiger charge is 2.23. The number of aromatic hydroxyl groups is 3. The minimum Gasteiger partial charge on any atom is -0.508 e. The van der Waals surface area contributed by atoms with Gasteiger partial charge in [0.1, 0.15) is 23.0 Å². The Morgan fingerprint density at radius 2 is 1.09 bits per heavy atom. The lowest BCUT2D eigenvalue weighted by Crippen LogP contribution is -2.14. The van der Waals surface area contributed by atoms with E-state index in [-0.39, 0.29) is 17.2 Å². The molecule has 0 aliphatic rings. The Bertz CT molecular complexity index is 1370. The summed E-state index contributed by atoms with van der Waals surface area (Å²) in [6, 6.07) is 18.5. The number of ether oxygens (including phenoxy) is 1. The van der Waals surface area contributed by atoms with Crippen molar-refractivity contribution in [3.05, 3.63) is 94.0 Å². The van der Waals surface area contributed by atoms with Crippen molar-refractivity contribution in [3.8, 4) is 28.7 Å². The van der Waals surface area contributed by atoms with Gasteiger partial charge >= 0.3 is 0 Å². The molecule has 0 saturated heterocycles. The fourth-order valence-corrected chi connectivity index (χ4v) is 4.34. The Kier molecular flexibility index (Phi) is 6.35. The first-order valence-electron chi connectivity index (χ1n) is 11.5. The molecule has 4 aromatic carbocycles. The molecular weight excluding hydrogens is 438 g/mol. The Morgan fingerprint density at radius 3 is 1.66 bits per heavy atom. The summed E-state index contributed by atoms with van der Waals surface area (Å²) in [6.45, 7) is 11.5. The highest BCUT2D eigenvalue weighted by Crippen LogP contribution is 2.47. The molecule has 0 unspecified atom stereocenters. The van der Waals surface area contributed by atoms with Crippen molar-refractivity contribution >= 4 is 17.1 Å². The average molecular weight is 470 g/mol. The summed E-state index contributed by atoms with van der Waals surface area (Å²) >= 11 is 0. The van der Waals surface area contributed by atoms with Crippen molar-refractivity contribution < 1.29 is 20.1 Å². The molecule has 0 bridgehead atoms. The van der Waals surface area contributed by atoms with Gasteiger partial charge in [0.05, 0.1) is 17.1 Å².